The number of halogens is 9. The third-order valence-electron chi connectivity index (χ3n) is 16.8. The average molecular weight is 1450 g/mol. The van der Waals surface area contributed by atoms with Crippen molar-refractivity contribution in [3.63, 3.8) is 0 Å². The van der Waals surface area contributed by atoms with E-state index in [1.54, 1.807) is 78.9 Å². The van der Waals surface area contributed by atoms with Gasteiger partial charge in [-0.2, -0.15) is 54.8 Å². The van der Waals surface area contributed by atoms with Crippen LogP contribution in [0, 0.1) is 0 Å². The van der Waals surface area contributed by atoms with E-state index in [-0.39, 0.29) is 22.8 Å². The number of rotatable bonds is 14. The molecule has 14 rings (SSSR count). The number of pyridine rings is 3. The Hall–Kier alpha value is -13.0. The highest BCUT2D eigenvalue weighted by Gasteiger charge is 2.33. The molecule has 0 bridgehead atoms. The molecule has 1 aliphatic rings. The van der Waals surface area contributed by atoms with Gasteiger partial charge in [0.05, 0.1) is 89.7 Å². The second-order valence-electron chi connectivity index (χ2n) is 24.1. The quantitative estimate of drug-likeness (QED) is 0.0501. The second-order valence-corrected chi connectivity index (χ2v) is 24.1. The van der Waals surface area contributed by atoms with E-state index in [1.807, 2.05) is 84.9 Å². The van der Waals surface area contributed by atoms with E-state index in [0.29, 0.717) is 59.8 Å². The smallest absolute Gasteiger partial charge is 0.379 e. The highest BCUT2D eigenvalue weighted by molar-refractivity contribution is 6.08. The molecule has 7 amide bonds. The number of anilines is 6. The van der Waals surface area contributed by atoms with Crippen LogP contribution < -0.4 is 37.6 Å². The number of hydrogen-bond donors (Lipinski definition) is 7. The van der Waals surface area contributed by atoms with Crippen LogP contribution in [0.3, 0.4) is 0 Å². The molecule has 1 aliphatic heterocycles. The van der Waals surface area contributed by atoms with Crippen molar-refractivity contribution in [1.29, 1.82) is 0 Å². The van der Waals surface area contributed by atoms with Gasteiger partial charge in [-0.1, -0.05) is 84.9 Å². The van der Waals surface area contributed by atoms with Crippen LogP contribution in [0.1, 0.15) is 38.4 Å². The molecule has 7 aromatic carbocycles. The Morgan fingerprint density at radius 3 is 1.39 bits per heavy atom. The van der Waals surface area contributed by atoms with Crippen LogP contribution >= 0.6 is 0 Å². The summed E-state index contributed by atoms with van der Waals surface area (Å²) in [6, 6.07) is 42.4. The lowest BCUT2D eigenvalue weighted by molar-refractivity contribution is -0.138. The van der Waals surface area contributed by atoms with Crippen LogP contribution in [-0.2, 0) is 50.5 Å². The maximum atomic E-state index is 12.9. The number of amides is 7. The molecule has 0 saturated carbocycles. The number of primary amides is 1. The zero-order chi connectivity index (χ0) is 74.9. The number of nitrogens with two attached hydrogens (primary N) is 1. The normalized spacial score (nSPS) is 12.5. The molecule has 540 valence electrons. The molecular weight excluding hydrogens is 1390 g/mol. The molecule has 8 N–H and O–H groups in total. The molecule has 0 atom stereocenters. The molecule has 0 spiro atoms. The largest absolute Gasteiger partial charge is 0.416 e. The predicted octanol–water partition coefficient (Wildman–Crippen LogP) is 16.3. The molecule has 1 saturated heterocycles. The zero-order valence-corrected chi connectivity index (χ0v) is 56.0. The summed E-state index contributed by atoms with van der Waals surface area (Å²) in [5.74, 6) is -0.665. The van der Waals surface area contributed by atoms with Crippen molar-refractivity contribution in [3.05, 3.63) is 253 Å². The van der Waals surface area contributed by atoms with E-state index in [9.17, 15) is 58.7 Å². The molecule has 106 heavy (non-hydrogen) atoms. The first-order valence-corrected chi connectivity index (χ1v) is 32.4. The zero-order valence-electron chi connectivity index (χ0n) is 56.0. The van der Waals surface area contributed by atoms with Crippen molar-refractivity contribution in [2.45, 2.75) is 31.6 Å². The van der Waals surface area contributed by atoms with Gasteiger partial charge in [0.2, 0.25) is 0 Å². The third-order valence-corrected chi connectivity index (χ3v) is 16.8. The number of morpholine rings is 1. The van der Waals surface area contributed by atoms with Gasteiger partial charge in [0, 0.05) is 113 Å². The molecule has 31 heteroatoms. The molecule has 0 unspecified atom stereocenters. The van der Waals surface area contributed by atoms with E-state index >= 15 is 0 Å². The number of nitrogens with one attached hydrogen (secondary N) is 6. The van der Waals surface area contributed by atoms with Crippen LogP contribution in [0.2, 0.25) is 0 Å². The average Bonchev–Trinajstić information content (AvgIpc) is 0.822. The summed E-state index contributed by atoms with van der Waals surface area (Å²) in [5.41, 5.74) is 14.0. The predicted molar refractivity (Wildman–Crippen MR) is 383 cm³/mol. The van der Waals surface area contributed by atoms with E-state index in [0.717, 1.165) is 110 Å². The summed E-state index contributed by atoms with van der Waals surface area (Å²) in [7, 11) is 3.54. The maximum Gasteiger partial charge on any atom is 0.416 e. The minimum Gasteiger partial charge on any atom is -0.379 e. The Kier molecular flexibility index (Phi) is 21.5. The second kappa shape index (κ2) is 31.3. The van der Waals surface area contributed by atoms with Crippen LogP contribution in [0.15, 0.2) is 219 Å². The molecule has 0 aliphatic carbocycles. The molecular formula is C75H62F9N17O5. The van der Waals surface area contributed by atoms with E-state index in [4.69, 9.17) is 15.5 Å². The van der Waals surface area contributed by atoms with Crippen LogP contribution in [0.25, 0.3) is 66.1 Å². The molecule has 0 radical (unpaired) electrons. The van der Waals surface area contributed by atoms with Crippen molar-refractivity contribution in [1.82, 2.24) is 49.2 Å². The summed E-state index contributed by atoms with van der Waals surface area (Å²) in [5, 5.41) is 30.8. The first-order chi connectivity index (χ1) is 50.8. The molecule has 6 aromatic heterocycles. The number of benzene rings is 7. The summed E-state index contributed by atoms with van der Waals surface area (Å²) < 4.78 is 127. The number of carbonyl (C=O) groups excluding carboxylic acids is 4. The van der Waals surface area contributed by atoms with E-state index in [1.165, 1.54) is 47.3 Å². The minimum absolute atomic E-state index is 0.0125. The first kappa shape index (κ1) is 72.7. The van der Waals surface area contributed by atoms with Gasteiger partial charge in [0.15, 0.2) is 5.69 Å². The number of carbonyl (C=O) groups is 4. The monoisotopic (exact) mass is 1450 g/mol. The number of hydrogen-bond acceptors (Lipinski definition) is 12. The summed E-state index contributed by atoms with van der Waals surface area (Å²) >= 11 is 0. The number of nitrogens with zero attached hydrogens (tertiary/aromatic N) is 10. The molecule has 13 aromatic rings. The van der Waals surface area contributed by atoms with Gasteiger partial charge >= 0.3 is 36.6 Å². The highest BCUT2D eigenvalue weighted by atomic mass is 19.4. The number of fused-ring (bicyclic) bond motifs is 3. The fraction of sp³-hybridized carbons (Fsp3) is 0.147. The fourth-order valence-corrected chi connectivity index (χ4v) is 11.6. The Balaban J connectivity index is 0.000000149. The van der Waals surface area contributed by atoms with Gasteiger partial charge in [-0.15, -0.1) is 0 Å². The molecule has 1 fully saturated rings. The van der Waals surface area contributed by atoms with Gasteiger partial charge < -0.3 is 42.4 Å². The number of alkyl halides is 9. The topological polar surface area (TPSA) is 271 Å². The minimum atomic E-state index is -4.51. The van der Waals surface area contributed by atoms with Crippen molar-refractivity contribution < 1.29 is 63.4 Å². The number of urea groups is 3. The lowest BCUT2D eigenvalue weighted by atomic mass is 9.99. The van der Waals surface area contributed by atoms with Crippen molar-refractivity contribution in [3.8, 4) is 33.4 Å². The van der Waals surface area contributed by atoms with E-state index < -0.39 is 59.2 Å². The highest BCUT2D eigenvalue weighted by Crippen LogP contribution is 2.37. The van der Waals surface area contributed by atoms with Crippen LogP contribution in [0.5, 0.6) is 0 Å². The van der Waals surface area contributed by atoms with Gasteiger partial charge in [0.1, 0.15) is 0 Å². The van der Waals surface area contributed by atoms with E-state index in [2.05, 4.69) is 62.1 Å². The lowest BCUT2D eigenvalue weighted by Crippen LogP contribution is -2.36. The SMILES string of the molecule is Cn1ncc2c(-c3ccc(NC(=O)Nc4cccc(C(F)(F)F)c4)cc3)c(CN3CCOCC3)ncc21.Cn1ncc2c(-c3ccc(NC(=O)Nc4cccc(C(F)(F)F)c4)cc3)cnc(C(N)=O)c21.O=C(Nc1ccc(-c2cncc3c2cnn3Cc2ccccc2)cc1)Nc1cccc(C(F)(F)F)c1. The van der Waals surface area contributed by atoms with Gasteiger partial charge in [0.25, 0.3) is 5.91 Å². The van der Waals surface area contributed by atoms with Crippen molar-refractivity contribution >= 4 is 90.8 Å². The van der Waals surface area contributed by atoms with Crippen LogP contribution in [0.4, 0.5) is 88.0 Å². The number of ether oxygens (including phenoxy) is 1. The Morgan fingerprint density at radius 1 is 0.443 bits per heavy atom. The van der Waals surface area contributed by atoms with Crippen molar-refractivity contribution in [2.75, 3.05) is 58.2 Å². The lowest BCUT2D eigenvalue weighted by Gasteiger charge is -2.27. The van der Waals surface area contributed by atoms with Gasteiger partial charge in [-0.3, -0.25) is 33.7 Å². The molecule has 7 heterocycles. The first-order valence-electron chi connectivity index (χ1n) is 32.4. The van der Waals surface area contributed by atoms with Gasteiger partial charge in [-0.05, 0) is 113 Å². The Bertz CT molecular complexity index is 5330. The third kappa shape index (κ3) is 17.7. The van der Waals surface area contributed by atoms with Gasteiger partial charge in [-0.25, -0.2) is 19.4 Å². The van der Waals surface area contributed by atoms with Crippen LogP contribution in [-0.4, -0.2) is 99.5 Å². The fourth-order valence-electron chi connectivity index (χ4n) is 11.6. The molecule has 22 nitrogen and oxygen atoms in total. The standard InChI is InChI=1S/C27H20F3N5O.C26H25F3N6O2.C22H17F3N6O2/c28-27(29,30)20-7-4-8-22(13-20)34-26(36)33-21-11-9-19(10-12-21)23-14-31-16-25-24(23)15-32-35(25)17-18-5-2-1-3-6-18;1-34-23-15-30-22(16-35-9-11-37-12-10-35)24(21(23)14-31-34)17-5-7-19(8-6-17)32-25(36)33-20-4-2-3-18(13-20)26(27,28)29;1-31-19-17(11-28-31)16(10-27-18(19)20(26)32)12-5-7-14(8-6-12)29-21(33)30-15-4-2-3-13(9-15)22(23,24)25/h1-16H,17H2,(H2,33,34,36);2-8,13-15H,9-12,16H2,1H3,(H2,32,33,36);2-11H,1H3,(H2,26,32)(H2,29,30,33). The summed E-state index contributed by atoms with van der Waals surface area (Å²) in [6.07, 6.45) is -1.35. The number of aromatic nitrogens is 9. The summed E-state index contributed by atoms with van der Waals surface area (Å²) in [6.45, 7) is 4.33. The van der Waals surface area contributed by atoms with Crippen molar-refractivity contribution in [2.24, 2.45) is 19.8 Å². The number of aryl methyl sites for hydroxylation is 2. The summed E-state index contributed by atoms with van der Waals surface area (Å²) in [4.78, 5) is 64.2. The Labute approximate surface area is 597 Å². The maximum absolute atomic E-state index is 12.9. The Morgan fingerprint density at radius 2 is 0.896 bits per heavy atom.